The monoisotopic (exact) mass is 435 g/mol. The lowest BCUT2D eigenvalue weighted by atomic mass is 10.1. The van der Waals surface area contributed by atoms with Gasteiger partial charge in [-0.05, 0) is 25.0 Å². The maximum Gasteiger partial charge on any atom is 0.202 e. The number of imidazole rings is 1. The Balaban J connectivity index is 1.56. The molecule has 3 heterocycles. The summed E-state index contributed by atoms with van der Waals surface area (Å²) in [5, 5.41) is 24.3. The number of aliphatic hydroxyl groups is 1. The van der Waals surface area contributed by atoms with Crippen LogP contribution in [0.1, 0.15) is 12.8 Å². The summed E-state index contributed by atoms with van der Waals surface area (Å²) >= 11 is 0. The van der Waals surface area contributed by atoms with Crippen molar-refractivity contribution in [1.82, 2.24) is 29.7 Å². The van der Waals surface area contributed by atoms with Crippen molar-refractivity contribution >= 4 is 34.3 Å². The normalized spacial score (nSPS) is 14.4. The number of H-pyrrole nitrogens is 1. The van der Waals surface area contributed by atoms with Crippen molar-refractivity contribution in [3.05, 3.63) is 30.6 Å². The van der Waals surface area contributed by atoms with Gasteiger partial charge in [-0.3, -0.25) is 4.68 Å². The number of nitrogens with zero attached hydrogens (tertiary/aromatic N) is 5. The molecule has 1 aromatic carbocycles. The minimum absolute atomic E-state index is 0.265. The molecule has 1 atom stereocenters. The number of hydrogen-bond donors (Lipinski definition) is 5. The van der Waals surface area contributed by atoms with Crippen molar-refractivity contribution in [3.63, 3.8) is 0 Å². The fourth-order valence-corrected chi connectivity index (χ4v) is 3.60. The standard InChI is InChI=1S/C21H25N9O2/c1-22-21-27-16-14(9-15(25-19(16)28-21)26-20(31)11-7-8-11)24-13-6-4-5-12(17(13)32-3)18-23-10-30(2)29-18/h4-6,9-11,20,31H,7-8H2,1-3H3,(H4,22,24,25,26,27,28). The van der Waals surface area contributed by atoms with Crippen LogP contribution in [0.25, 0.3) is 22.6 Å². The van der Waals surface area contributed by atoms with E-state index in [1.807, 2.05) is 31.3 Å². The molecule has 1 aliphatic rings. The third kappa shape index (κ3) is 3.78. The van der Waals surface area contributed by atoms with Gasteiger partial charge in [0.1, 0.15) is 23.9 Å². The summed E-state index contributed by atoms with van der Waals surface area (Å²) in [4.78, 5) is 16.7. The van der Waals surface area contributed by atoms with Crippen LogP contribution in [0.4, 0.5) is 23.1 Å². The first-order valence-corrected chi connectivity index (χ1v) is 10.4. The molecule has 0 amide bonds. The minimum Gasteiger partial charge on any atom is -0.494 e. The molecule has 5 N–H and O–H groups in total. The van der Waals surface area contributed by atoms with E-state index in [4.69, 9.17) is 4.74 Å². The fourth-order valence-electron chi connectivity index (χ4n) is 3.60. The van der Waals surface area contributed by atoms with Gasteiger partial charge in [0.25, 0.3) is 0 Å². The number of aromatic amines is 1. The second-order valence-corrected chi connectivity index (χ2v) is 7.77. The van der Waals surface area contributed by atoms with Crippen LogP contribution in [0.2, 0.25) is 0 Å². The average Bonchev–Trinajstić information content (AvgIpc) is 3.42. The zero-order valence-electron chi connectivity index (χ0n) is 18.0. The van der Waals surface area contributed by atoms with Gasteiger partial charge in [0, 0.05) is 26.1 Å². The molecule has 1 aliphatic carbocycles. The zero-order valence-corrected chi connectivity index (χ0v) is 18.0. The summed E-state index contributed by atoms with van der Waals surface area (Å²) in [6.07, 6.45) is 3.04. The third-order valence-corrected chi connectivity index (χ3v) is 5.38. The topological polar surface area (TPSA) is 138 Å². The molecule has 166 valence electrons. The first-order chi connectivity index (χ1) is 15.6. The molecule has 0 spiro atoms. The molecule has 32 heavy (non-hydrogen) atoms. The van der Waals surface area contributed by atoms with Gasteiger partial charge < -0.3 is 30.8 Å². The SMILES string of the molecule is CNc1nc2c(Nc3cccc(-c4ncn(C)n4)c3OC)cc(NC(O)C3CC3)nc2[nH]1. The van der Waals surface area contributed by atoms with Gasteiger partial charge in [-0.25, -0.2) is 15.0 Å². The Hall–Kier alpha value is -3.86. The highest BCUT2D eigenvalue weighted by molar-refractivity contribution is 5.92. The van der Waals surface area contributed by atoms with Crippen molar-refractivity contribution < 1.29 is 9.84 Å². The number of aromatic nitrogens is 6. The number of fused-ring (bicyclic) bond motifs is 1. The van der Waals surface area contributed by atoms with Crippen LogP contribution >= 0.6 is 0 Å². The van der Waals surface area contributed by atoms with Crippen molar-refractivity contribution in [2.24, 2.45) is 13.0 Å². The Kier molecular flexibility index (Phi) is 5.02. The van der Waals surface area contributed by atoms with Gasteiger partial charge in [-0.2, -0.15) is 5.10 Å². The predicted octanol–water partition coefficient (Wildman–Crippen LogP) is 2.69. The number of aryl methyl sites for hydroxylation is 1. The smallest absolute Gasteiger partial charge is 0.202 e. The summed E-state index contributed by atoms with van der Waals surface area (Å²) in [5.41, 5.74) is 3.45. The lowest BCUT2D eigenvalue weighted by molar-refractivity contribution is 0.179. The molecular weight excluding hydrogens is 410 g/mol. The second kappa shape index (κ2) is 8.00. The van der Waals surface area contributed by atoms with Gasteiger partial charge in [-0.15, -0.1) is 0 Å². The first kappa shape index (κ1) is 20.1. The average molecular weight is 435 g/mol. The molecule has 0 radical (unpaired) electrons. The molecule has 1 unspecified atom stereocenters. The Morgan fingerprint density at radius 1 is 1.25 bits per heavy atom. The Morgan fingerprint density at radius 3 is 2.78 bits per heavy atom. The Morgan fingerprint density at radius 2 is 2.09 bits per heavy atom. The quantitative estimate of drug-likeness (QED) is 0.264. The lowest BCUT2D eigenvalue weighted by Gasteiger charge is -2.16. The number of para-hydroxylation sites is 1. The molecular formula is C21H25N9O2. The summed E-state index contributed by atoms with van der Waals surface area (Å²) < 4.78 is 7.37. The highest BCUT2D eigenvalue weighted by atomic mass is 16.5. The van der Waals surface area contributed by atoms with Crippen LogP contribution in [0, 0.1) is 5.92 Å². The van der Waals surface area contributed by atoms with Crippen LogP contribution in [0.15, 0.2) is 30.6 Å². The van der Waals surface area contributed by atoms with Gasteiger partial charge in [0.2, 0.25) is 5.95 Å². The fraction of sp³-hybridized carbons (Fsp3) is 0.333. The first-order valence-electron chi connectivity index (χ1n) is 10.4. The van der Waals surface area contributed by atoms with Crippen LogP contribution in [0.5, 0.6) is 5.75 Å². The van der Waals surface area contributed by atoms with Gasteiger partial charge in [-0.1, -0.05) is 6.07 Å². The van der Waals surface area contributed by atoms with E-state index >= 15 is 0 Å². The molecule has 0 saturated heterocycles. The predicted molar refractivity (Wildman–Crippen MR) is 122 cm³/mol. The van der Waals surface area contributed by atoms with Crippen molar-refractivity contribution in [2.45, 2.75) is 19.1 Å². The number of ether oxygens (including phenoxy) is 1. The molecule has 1 fully saturated rings. The maximum absolute atomic E-state index is 10.3. The van der Waals surface area contributed by atoms with Crippen LogP contribution < -0.4 is 20.7 Å². The van der Waals surface area contributed by atoms with E-state index in [2.05, 4.69) is 41.0 Å². The number of aliphatic hydroxyl groups excluding tert-OH is 1. The van der Waals surface area contributed by atoms with E-state index in [1.54, 1.807) is 25.2 Å². The van der Waals surface area contributed by atoms with Crippen LogP contribution in [0.3, 0.4) is 0 Å². The van der Waals surface area contributed by atoms with Gasteiger partial charge in [0.15, 0.2) is 17.2 Å². The molecule has 3 aromatic heterocycles. The minimum atomic E-state index is -0.632. The second-order valence-electron chi connectivity index (χ2n) is 7.77. The van der Waals surface area contributed by atoms with E-state index in [0.29, 0.717) is 40.2 Å². The number of methoxy groups -OCH3 is 1. The number of pyridine rings is 1. The van der Waals surface area contributed by atoms with Crippen molar-refractivity contribution in [3.8, 4) is 17.1 Å². The highest BCUT2D eigenvalue weighted by Crippen LogP contribution is 2.38. The number of benzene rings is 1. The Labute approximate surface area is 184 Å². The van der Waals surface area contributed by atoms with Crippen LogP contribution in [-0.4, -0.2) is 55.2 Å². The number of nitrogens with one attached hydrogen (secondary N) is 4. The number of hydrogen-bond acceptors (Lipinski definition) is 9. The van der Waals surface area contributed by atoms with Crippen molar-refractivity contribution in [2.75, 3.05) is 30.1 Å². The molecule has 5 rings (SSSR count). The molecule has 0 aliphatic heterocycles. The number of rotatable bonds is 8. The largest absolute Gasteiger partial charge is 0.494 e. The lowest BCUT2D eigenvalue weighted by Crippen LogP contribution is -2.21. The van der Waals surface area contributed by atoms with Crippen LogP contribution in [-0.2, 0) is 7.05 Å². The van der Waals surface area contributed by atoms with Gasteiger partial charge in [0.05, 0.1) is 24.0 Å². The summed E-state index contributed by atoms with van der Waals surface area (Å²) in [5.74, 6) is 2.59. The van der Waals surface area contributed by atoms with Gasteiger partial charge >= 0.3 is 0 Å². The molecule has 1 saturated carbocycles. The zero-order chi connectivity index (χ0) is 22.2. The van der Waals surface area contributed by atoms with E-state index in [-0.39, 0.29) is 5.92 Å². The summed E-state index contributed by atoms with van der Waals surface area (Å²) in [7, 11) is 5.22. The highest BCUT2D eigenvalue weighted by Gasteiger charge is 2.30. The maximum atomic E-state index is 10.3. The summed E-state index contributed by atoms with van der Waals surface area (Å²) in [6, 6.07) is 7.57. The molecule has 11 heteroatoms. The van der Waals surface area contributed by atoms with Crippen molar-refractivity contribution in [1.29, 1.82) is 0 Å². The Bertz CT molecular complexity index is 1260. The third-order valence-electron chi connectivity index (χ3n) is 5.38. The van der Waals surface area contributed by atoms with E-state index < -0.39 is 6.23 Å². The molecule has 4 aromatic rings. The van der Waals surface area contributed by atoms with E-state index in [1.165, 1.54) is 0 Å². The van der Waals surface area contributed by atoms with E-state index in [9.17, 15) is 5.11 Å². The summed E-state index contributed by atoms with van der Waals surface area (Å²) in [6.45, 7) is 0. The molecule has 11 nitrogen and oxygen atoms in total. The molecule has 0 bridgehead atoms. The van der Waals surface area contributed by atoms with E-state index in [0.717, 1.165) is 24.1 Å². The number of anilines is 4.